The van der Waals surface area contributed by atoms with Gasteiger partial charge in [0.15, 0.2) is 0 Å². The van der Waals surface area contributed by atoms with Crippen molar-refractivity contribution in [3.63, 3.8) is 0 Å². The summed E-state index contributed by atoms with van der Waals surface area (Å²) in [6.07, 6.45) is 0. The maximum atomic E-state index is 8.68. The molecule has 0 fully saturated rings. The highest BCUT2D eigenvalue weighted by atomic mass is 35.5. The van der Waals surface area contributed by atoms with Crippen LogP contribution in [-0.4, -0.2) is 31.3 Å². The van der Waals surface area contributed by atoms with E-state index in [2.05, 4.69) is 16.7 Å². The van der Waals surface area contributed by atoms with Crippen LogP contribution in [0.5, 0.6) is 5.75 Å². The number of nitrogens with one attached hydrogen (secondary N) is 2. The molecule has 0 radical (unpaired) electrons. The monoisotopic (exact) mass is 368 g/mol. The number of benzene rings is 2. The Bertz CT molecular complexity index is 638. The van der Waals surface area contributed by atoms with Gasteiger partial charge in [-0.2, -0.15) is 0 Å². The maximum absolute atomic E-state index is 8.68. The molecule has 0 amide bonds. The first-order valence-corrected chi connectivity index (χ1v) is 8.62. The molecule has 0 aliphatic heterocycles. The third kappa shape index (κ3) is 6.67. The minimum absolute atomic E-state index is 0.164. The van der Waals surface area contributed by atoms with Crippen LogP contribution in [0.25, 0.3) is 0 Å². The van der Waals surface area contributed by atoms with Gasteiger partial charge in [0.25, 0.3) is 0 Å². The molecule has 0 atom stereocenters. The summed E-state index contributed by atoms with van der Waals surface area (Å²) in [5.74, 6) is 0.804. The summed E-state index contributed by atoms with van der Waals surface area (Å²) < 4.78 is 5.82. The van der Waals surface area contributed by atoms with E-state index < -0.39 is 0 Å². The number of ether oxygens (including phenoxy) is 1. The fourth-order valence-corrected chi connectivity index (χ4v) is 2.62. The van der Waals surface area contributed by atoms with Gasteiger partial charge in [0, 0.05) is 41.8 Å². The Kier molecular flexibility index (Phi) is 8.36. The van der Waals surface area contributed by atoms with Crippen molar-refractivity contribution in [2.24, 2.45) is 0 Å². The lowest BCUT2D eigenvalue weighted by molar-refractivity contribution is 0.292. The lowest BCUT2D eigenvalue weighted by Crippen LogP contribution is -2.28. The fourth-order valence-electron chi connectivity index (χ4n) is 2.16. The normalized spacial score (nSPS) is 10.8. The molecule has 0 aliphatic rings. The van der Waals surface area contributed by atoms with E-state index in [1.807, 2.05) is 24.3 Å². The minimum atomic E-state index is 0.164. The van der Waals surface area contributed by atoms with Crippen LogP contribution in [0.2, 0.25) is 10.0 Å². The molecule has 0 bridgehead atoms. The van der Waals surface area contributed by atoms with Gasteiger partial charge in [-0.3, -0.25) is 0 Å². The molecule has 130 valence electrons. The van der Waals surface area contributed by atoms with E-state index in [-0.39, 0.29) is 6.61 Å². The first-order valence-electron chi connectivity index (χ1n) is 7.87. The molecule has 0 spiro atoms. The van der Waals surface area contributed by atoms with Crippen LogP contribution in [0.15, 0.2) is 42.5 Å². The second-order valence-electron chi connectivity index (χ2n) is 5.32. The van der Waals surface area contributed by atoms with Crippen molar-refractivity contribution in [1.29, 1.82) is 0 Å². The third-order valence-corrected chi connectivity index (χ3v) is 3.99. The van der Waals surface area contributed by atoms with Gasteiger partial charge in [-0.15, -0.1) is 0 Å². The number of aliphatic hydroxyl groups is 1. The van der Waals surface area contributed by atoms with E-state index in [0.29, 0.717) is 23.2 Å². The van der Waals surface area contributed by atoms with Crippen molar-refractivity contribution in [1.82, 2.24) is 10.6 Å². The molecular formula is C18H22Cl2N2O2. The van der Waals surface area contributed by atoms with Gasteiger partial charge < -0.3 is 20.5 Å². The second kappa shape index (κ2) is 10.5. The largest absolute Gasteiger partial charge is 0.489 e. The Balaban J connectivity index is 1.79. The van der Waals surface area contributed by atoms with Crippen molar-refractivity contribution in [2.45, 2.75) is 13.2 Å². The number of halogens is 2. The van der Waals surface area contributed by atoms with Gasteiger partial charge >= 0.3 is 0 Å². The van der Waals surface area contributed by atoms with Gasteiger partial charge in [-0.05, 0) is 29.8 Å². The SMILES string of the molecule is OCCNCCNCc1cccc(OCc2ccc(Cl)cc2Cl)c1. The number of rotatable bonds is 10. The molecule has 4 nitrogen and oxygen atoms in total. The highest BCUT2D eigenvalue weighted by molar-refractivity contribution is 6.35. The van der Waals surface area contributed by atoms with Crippen molar-refractivity contribution in [3.8, 4) is 5.75 Å². The van der Waals surface area contributed by atoms with Gasteiger partial charge in [0.05, 0.1) is 6.61 Å². The van der Waals surface area contributed by atoms with Crippen LogP contribution in [0.4, 0.5) is 0 Å². The zero-order chi connectivity index (χ0) is 17.2. The average Bonchev–Trinajstić information content (AvgIpc) is 2.58. The molecule has 0 aliphatic carbocycles. The van der Waals surface area contributed by atoms with Crippen LogP contribution in [0.1, 0.15) is 11.1 Å². The molecule has 0 saturated heterocycles. The van der Waals surface area contributed by atoms with Crippen molar-refractivity contribution < 1.29 is 9.84 Å². The summed E-state index contributed by atoms with van der Waals surface area (Å²) in [5.41, 5.74) is 2.05. The van der Waals surface area contributed by atoms with Crippen molar-refractivity contribution in [2.75, 3.05) is 26.2 Å². The Morgan fingerprint density at radius 3 is 2.58 bits per heavy atom. The smallest absolute Gasteiger partial charge is 0.120 e. The first-order chi connectivity index (χ1) is 11.7. The van der Waals surface area contributed by atoms with E-state index in [1.54, 1.807) is 12.1 Å². The maximum Gasteiger partial charge on any atom is 0.120 e. The number of hydrogen-bond acceptors (Lipinski definition) is 4. The highest BCUT2D eigenvalue weighted by Gasteiger charge is 2.03. The summed E-state index contributed by atoms with van der Waals surface area (Å²) in [4.78, 5) is 0. The Morgan fingerprint density at radius 2 is 1.79 bits per heavy atom. The molecule has 0 unspecified atom stereocenters. The molecule has 0 saturated carbocycles. The van der Waals surface area contributed by atoms with E-state index in [9.17, 15) is 0 Å². The molecular weight excluding hydrogens is 347 g/mol. The lowest BCUT2D eigenvalue weighted by Gasteiger charge is -2.10. The molecule has 2 aromatic carbocycles. The van der Waals surface area contributed by atoms with Crippen LogP contribution >= 0.6 is 23.2 Å². The zero-order valence-electron chi connectivity index (χ0n) is 13.4. The quantitative estimate of drug-likeness (QED) is 0.563. The fraction of sp³-hybridized carbons (Fsp3) is 0.333. The van der Waals surface area contributed by atoms with Crippen molar-refractivity contribution >= 4 is 23.2 Å². The summed E-state index contributed by atoms with van der Waals surface area (Å²) in [5, 5.41) is 16.4. The Hall–Kier alpha value is -1.30. The van der Waals surface area contributed by atoms with Crippen LogP contribution in [0, 0.1) is 0 Å². The molecule has 2 aromatic rings. The van der Waals surface area contributed by atoms with Crippen LogP contribution < -0.4 is 15.4 Å². The van der Waals surface area contributed by atoms with Gasteiger partial charge in [0.1, 0.15) is 12.4 Å². The minimum Gasteiger partial charge on any atom is -0.489 e. The lowest BCUT2D eigenvalue weighted by atomic mass is 10.2. The van der Waals surface area contributed by atoms with Gasteiger partial charge in [0.2, 0.25) is 0 Å². The second-order valence-corrected chi connectivity index (χ2v) is 6.17. The average molecular weight is 369 g/mol. The van der Waals surface area contributed by atoms with E-state index in [0.717, 1.165) is 36.5 Å². The van der Waals surface area contributed by atoms with E-state index in [1.165, 1.54) is 0 Å². The van der Waals surface area contributed by atoms with E-state index in [4.69, 9.17) is 33.0 Å². The highest BCUT2D eigenvalue weighted by Crippen LogP contribution is 2.23. The molecule has 2 rings (SSSR count). The van der Waals surface area contributed by atoms with Crippen LogP contribution in [-0.2, 0) is 13.2 Å². The zero-order valence-corrected chi connectivity index (χ0v) is 14.9. The van der Waals surface area contributed by atoms with Gasteiger partial charge in [-0.25, -0.2) is 0 Å². The summed E-state index contributed by atoms with van der Waals surface area (Å²) in [6, 6.07) is 13.4. The van der Waals surface area contributed by atoms with Gasteiger partial charge in [-0.1, -0.05) is 41.4 Å². The molecule has 0 heterocycles. The standard InChI is InChI=1S/C18H22Cl2N2O2/c19-16-5-4-15(18(20)11-16)13-24-17-3-1-2-14(10-17)12-22-7-6-21-8-9-23/h1-5,10-11,21-23H,6-9,12-13H2. The third-order valence-electron chi connectivity index (χ3n) is 3.40. The number of hydrogen-bond donors (Lipinski definition) is 3. The van der Waals surface area contributed by atoms with Crippen LogP contribution in [0.3, 0.4) is 0 Å². The molecule has 0 aromatic heterocycles. The van der Waals surface area contributed by atoms with Crippen molar-refractivity contribution in [3.05, 3.63) is 63.6 Å². The predicted octanol–water partition coefficient (Wildman–Crippen LogP) is 3.24. The summed E-state index contributed by atoms with van der Waals surface area (Å²) in [7, 11) is 0. The predicted molar refractivity (Wildman–Crippen MR) is 98.9 cm³/mol. The Morgan fingerprint density at radius 1 is 0.958 bits per heavy atom. The summed E-state index contributed by atoms with van der Waals surface area (Å²) >= 11 is 12.0. The molecule has 24 heavy (non-hydrogen) atoms. The first kappa shape index (κ1) is 19.0. The molecule has 6 heteroatoms. The summed E-state index contributed by atoms with van der Waals surface area (Å²) in [6.45, 7) is 3.62. The molecule has 3 N–H and O–H groups in total. The van der Waals surface area contributed by atoms with E-state index >= 15 is 0 Å². The topological polar surface area (TPSA) is 53.5 Å². The number of aliphatic hydroxyl groups excluding tert-OH is 1. The Labute approximate surface area is 152 Å².